The normalized spacial score (nSPS) is 17.2. The summed E-state index contributed by atoms with van der Waals surface area (Å²) in [7, 11) is -3.52. The maximum Gasteiger partial charge on any atom is 0.232 e. The fraction of sp³-hybridized carbons (Fsp3) is 0.458. The molecule has 0 spiro atoms. The summed E-state index contributed by atoms with van der Waals surface area (Å²) in [5, 5.41) is 3.63. The molecule has 0 fully saturated rings. The smallest absolute Gasteiger partial charge is 0.232 e. The summed E-state index contributed by atoms with van der Waals surface area (Å²) in [6.45, 7) is 8.01. The third-order valence-electron chi connectivity index (χ3n) is 5.63. The van der Waals surface area contributed by atoms with Crippen LogP contribution in [0.2, 0.25) is 5.02 Å². The van der Waals surface area contributed by atoms with Crippen molar-refractivity contribution in [3.05, 3.63) is 58.1 Å². The van der Waals surface area contributed by atoms with E-state index in [1.54, 1.807) is 25.1 Å². The molecule has 0 saturated heterocycles. The first-order valence-corrected chi connectivity index (χ1v) is 12.9. The summed E-state index contributed by atoms with van der Waals surface area (Å²) >= 11 is 6.18. The summed E-state index contributed by atoms with van der Waals surface area (Å²) in [6.07, 6.45) is 2.42. The molecule has 2 aromatic rings. The Morgan fingerprint density at radius 1 is 1.25 bits per heavy atom. The van der Waals surface area contributed by atoms with Crippen molar-refractivity contribution in [3.63, 3.8) is 0 Å². The summed E-state index contributed by atoms with van der Waals surface area (Å²) in [5.41, 5.74) is 2.92. The number of rotatable bonds is 7. The van der Waals surface area contributed by atoms with Gasteiger partial charge in [0.25, 0.3) is 0 Å². The quantitative estimate of drug-likeness (QED) is 0.612. The van der Waals surface area contributed by atoms with Crippen LogP contribution in [0.5, 0.6) is 5.75 Å². The number of benzene rings is 2. The molecule has 32 heavy (non-hydrogen) atoms. The fourth-order valence-electron chi connectivity index (χ4n) is 4.08. The Kier molecular flexibility index (Phi) is 7.10. The van der Waals surface area contributed by atoms with Gasteiger partial charge in [-0.2, -0.15) is 0 Å². The van der Waals surface area contributed by atoms with Crippen molar-refractivity contribution in [1.82, 2.24) is 5.32 Å². The van der Waals surface area contributed by atoms with Gasteiger partial charge in [0.15, 0.2) is 0 Å². The van der Waals surface area contributed by atoms with E-state index < -0.39 is 15.6 Å². The van der Waals surface area contributed by atoms with Crippen molar-refractivity contribution in [2.75, 3.05) is 17.1 Å². The van der Waals surface area contributed by atoms with Crippen LogP contribution < -0.4 is 14.4 Å². The highest BCUT2D eigenvalue weighted by atomic mass is 35.5. The molecule has 1 amide bonds. The predicted molar refractivity (Wildman–Crippen MR) is 129 cm³/mol. The highest BCUT2D eigenvalue weighted by molar-refractivity contribution is 7.92. The number of anilines is 1. The van der Waals surface area contributed by atoms with Gasteiger partial charge in [0.1, 0.15) is 11.4 Å². The number of aryl methyl sites for hydroxylation is 1. The third kappa shape index (κ3) is 5.75. The number of nitrogens with one attached hydrogen (secondary N) is 1. The lowest BCUT2D eigenvalue weighted by atomic mass is 9.89. The molecule has 0 unspecified atom stereocenters. The number of halogens is 1. The van der Waals surface area contributed by atoms with Crippen molar-refractivity contribution >= 4 is 33.2 Å². The third-order valence-corrected chi connectivity index (χ3v) is 7.22. The molecule has 0 bridgehead atoms. The van der Waals surface area contributed by atoms with E-state index in [4.69, 9.17) is 16.3 Å². The molecule has 8 heteroatoms. The highest BCUT2D eigenvalue weighted by Gasteiger charge is 2.34. The van der Waals surface area contributed by atoms with Gasteiger partial charge in [0.2, 0.25) is 15.9 Å². The lowest BCUT2D eigenvalue weighted by Crippen LogP contribution is -2.41. The second-order valence-electron chi connectivity index (χ2n) is 9.05. The van der Waals surface area contributed by atoms with E-state index in [1.807, 2.05) is 39.0 Å². The zero-order valence-corrected chi connectivity index (χ0v) is 20.8. The van der Waals surface area contributed by atoms with Gasteiger partial charge in [0.05, 0.1) is 18.0 Å². The number of carbonyl (C=O) groups is 1. The van der Waals surface area contributed by atoms with Crippen LogP contribution >= 0.6 is 11.6 Å². The molecule has 1 heterocycles. The SMILES string of the molecule is Cc1ccc2c(c1)[C@H](NC(=O)CCCN(c1cccc(Cl)c1C)S(C)(=O)=O)CC(C)(C)O2. The van der Waals surface area contributed by atoms with Crippen LogP contribution in [0.3, 0.4) is 0 Å². The Labute approximate surface area is 196 Å². The number of nitrogens with zero attached hydrogens (tertiary/aromatic N) is 1. The van der Waals surface area contributed by atoms with Gasteiger partial charge in [-0.3, -0.25) is 9.10 Å². The Balaban J connectivity index is 1.68. The number of hydrogen-bond acceptors (Lipinski definition) is 4. The van der Waals surface area contributed by atoms with Crippen LogP contribution in [-0.4, -0.2) is 32.7 Å². The second kappa shape index (κ2) is 9.32. The first-order valence-electron chi connectivity index (χ1n) is 10.7. The number of carbonyl (C=O) groups excluding carboxylic acids is 1. The maximum atomic E-state index is 12.8. The first kappa shape index (κ1) is 24.4. The van der Waals surface area contributed by atoms with Crippen LogP contribution in [-0.2, 0) is 14.8 Å². The maximum absolute atomic E-state index is 12.8. The molecule has 0 radical (unpaired) electrons. The van der Waals surface area contributed by atoms with Gasteiger partial charge < -0.3 is 10.1 Å². The minimum atomic E-state index is -3.52. The van der Waals surface area contributed by atoms with Crippen LogP contribution in [0, 0.1) is 13.8 Å². The number of ether oxygens (including phenoxy) is 1. The molecule has 0 aromatic heterocycles. The Bertz CT molecular complexity index is 1110. The van der Waals surface area contributed by atoms with Crippen molar-refractivity contribution < 1.29 is 17.9 Å². The standard InChI is InChI=1S/C24H31ClN2O4S/c1-16-11-12-22-18(14-16)20(15-24(3,4)31-22)26-23(28)10-7-13-27(32(5,29)30)21-9-6-8-19(25)17(21)2/h6,8-9,11-12,14,20H,7,10,13,15H2,1-5H3,(H,26,28)/t20-/m1/s1. The van der Waals surface area contributed by atoms with E-state index in [2.05, 4.69) is 5.32 Å². The van der Waals surface area contributed by atoms with E-state index in [1.165, 1.54) is 4.31 Å². The van der Waals surface area contributed by atoms with Crippen LogP contribution in [0.15, 0.2) is 36.4 Å². The van der Waals surface area contributed by atoms with E-state index in [9.17, 15) is 13.2 Å². The van der Waals surface area contributed by atoms with Crippen LogP contribution in [0.25, 0.3) is 0 Å². The molecule has 174 valence electrons. The van der Waals surface area contributed by atoms with E-state index in [0.717, 1.165) is 23.1 Å². The predicted octanol–water partition coefficient (Wildman–Crippen LogP) is 4.92. The van der Waals surface area contributed by atoms with Gasteiger partial charge >= 0.3 is 0 Å². The monoisotopic (exact) mass is 478 g/mol. The summed E-state index contributed by atoms with van der Waals surface area (Å²) in [6, 6.07) is 11.0. The van der Waals surface area contributed by atoms with Gasteiger partial charge in [-0.1, -0.05) is 35.4 Å². The molecule has 2 aromatic carbocycles. The summed E-state index contributed by atoms with van der Waals surface area (Å²) in [5.74, 6) is 0.674. The van der Waals surface area contributed by atoms with E-state index in [0.29, 0.717) is 29.1 Å². The second-order valence-corrected chi connectivity index (χ2v) is 11.4. The summed E-state index contributed by atoms with van der Waals surface area (Å²) in [4.78, 5) is 12.8. The Morgan fingerprint density at radius 2 is 1.97 bits per heavy atom. The van der Waals surface area contributed by atoms with Crippen molar-refractivity contribution in [2.45, 2.75) is 58.6 Å². The fourth-order valence-corrected chi connectivity index (χ4v) is 5.27. The van der Waals surface area contributed by atoms with Crippen LogP contribution in [0.1, 0.15) is 55.8 Å². The van der Waals surface area contributed by atoms with E-state index in [-0.39, 0.29) is 24.9 Å². The number of hydrogen-bond donors (Lipinski definition) is 1. The molecule has 1 N–H and O–H groups in total. The van der Waals surface area contributed by atoms with Gasteiger partial charge in [-0.25, -0.2) is 8.42 Å². The minimum absolute atomic E-state index is 0.114. The van der Waals surface area contributed by atoms with Gasteiger partial charge in [-0.05, 0) is 57.9 Å². The molecular weight excluding hydrogens is 448 g/mol. The van der Waals surface area contributed by atoms with Crippen molar-refractivity contribution in [1.29, 1.82) is 0 Å². The molecule has 1 aliphatic rings. The Morgan fingerprint density at radius 3 is 2.66 bits per heavy atom. The molecular formula is C24H31ClN2O4S. The minimum Gasteiger partial charge on any atom is -0.487 e. The Hall–Kier alpha value is -2.25. The van der Waals surface area contributed by atoms with Gasteiger partial charge in [0, 0.05) is 30.0 Å². The summed E-state index contributed by atoms with van der Waals surface area (Å²) < 4.78 is 32.2. The number of fused-ring (bicyclic) bond motifs is 1. The lowest BCUT2D eigenvalue weighted by Gasteiger charge is -2.38. The zero-order valence-electron chi connectivity index (χ0n) is 19.2. The average molecular weight is 479 g/mol. The average Bonchev–Trinajstić information content (AvgIpc) is 2.67. The molecule has 1 atom stereocenters. The van der Waals surface area contributed by atoms with E-state index >= 15 is 0 Å². The molecule has 1 aliphatic heterocycles. The van der Waals surface area contributed by atoms with Crippen molar-refractivity contribution in [3.8, 4) is 5.75 Å². The molecule has 0 aliphatic carbocycles. The largest absolute Gasteiger partial charge is 0.487 e. The number of sulfonamides is 1. The van der Waals surface area contributed by atoms with Gasteiger partial charge in [-0.15, -0.1) is 0 Å². The topological polar surface area (TPSA) is 75.7 Å². The first-order chi connectivity index (χ1) is 14.9. The molecule has 6 nitrogen and oxygen atoms in total. The number of amides is 1. The van der Waals surface area contributed by atoms with Crippen molar-refractivity contribution in [2.24, 2.45) is 0 Å². The van der Waals surface area contributed by atoms with Crippen LogP contribution in [0.4, 0.5) is 5.69 Å². The zero-order chi connectivity index (χ0) is 23.7. The lowest BCUT2D eigenvalue weighted by molar-refractivity contribution is -0.122. The molecule has 0 saturated carbocycles. The highest BCUT2D eigenvalue weighted by Crippen LogP contribution is 2.40. The molecule has 3 rings (SSSR count).